The molecule has 3 aromatic rings. The van der Waals surface area contributed by atoms with Gasteiger partial charge in [0.05, 0.1) is 16.4 Å². The van der Waals surface area contributed by atoms with Crippen LogP contribution in [0, 0.1) is 6.92 Å². The summed E-state index contributed by atoms with van der Waals surface area (Å²) in [6.45, 7) is 7.15. The molecule has 0 aliphatic carbocycles. The zero-order valence-electron chi connectivity index (χ0n) is 13.5. The minimum absolute atomic E-state index is 0.0446. The molecular formula is C16H20N6O. The van der Waals surface area contributed by atoms with Gasteiger partial charge in [-0.3, -0.25) is 4.57 Å². The van der Waals surface area contributed by atoms with Crippen LogP contribution in [0.2, 0.25) is 0 Å². The van der Waals surface area contributed by atoms with Gasteiger partial charge in [0.15, 0.2) is 0 Å². The van der Waals surface area contributed by atoms with Gasteiger partial charge in [-0.05, 0) is 39.0 Å². The number of nitrogen functional groups attached to an aromatic ring is 2. The quantitative estimate of drug-likeness (QED) is 0.756. The lowest BCUT2D eigenvalue weighted by atomic mass is 10.1. The summed E-state index contributed by atoms with van der Waals surface area (Å²) >= 11 is 0. The highest BCUT2D eigenvalue weighted by Crippen LogP contribution is 2.31. The fraction of sp³-hybridized carbons (Fsp3) is 0.312. The van der Waals surface area contributed by atoms with Gasteiger partial charge in [0.2, 0.25) is 5.95 Å². The fourth-order valence-corrected chi connectivity index (χ4v) is 2.98. The number of nitrogens with two attached hydrogens (primary N) is 2. The molecule has 0 aliphatic rings. The molecule has 0 atom stereocenters. The number of hydrogen-bond donors (Lipinski definition) is 2. The van der Waals surface area contributed by atoms with Crippen LogP contribution in [0.4, 0.5) is 16.6 Å². The van der Waals surface area contributed by atoms with Gasteiger partial charge >= 0.3 is 6.03 Å². The van der Waals surface area contributed by atoms with Crippen molar-refractivity contribution in [1.29, 1.82) is 0 Å². The molecule has 120 valence electrons. The minimum Gasteiger partial charge on any atom is -0.383 e. The van der Waals surface area contributed by atoms with E-state index in [4.69, 9.17) is 11.5 Å². The van der Waals surface area contributed by atoms with Crippen molar-refractivity contribution in [2.24, 2.45) is 0 Å². The Bertz CT molecular complexity index is 910. The van der Waals surface area contributed by atoms with Crippen LogP contribution >= 0.6 is 0 Å². The van der Waals surface area contributed by atoms with Crippen molar-refractivity contribution >= 4 is 39.6 Å². The van der Waals surface area contributed by atoms with Crippen LogP contribution in [0.25, 0.3) is 21.8 Å². The standard InChI is InChI=1S/C16H20N6O/c1-4-21(5-2)16(23)22-9(3)8-10-12(22)7-6-11-13(10)14(17)20-15(18)19-11/h6-8H,4-5H2,1-3H3,(H4,17,18,19,20). The van der Waals surface area contributed by atoms with Gasteiger partial charge in [0, 0.05) is 24.2 Å². The van der Waals surface area contributed by atoms with E-state index in [-0.39, 0.29) is 12.0 Å². The number of rotatable bonds is 2. The zero-order chi connectivity index (χ0) is 16.7. The van der Waals surface area contributed by atoms with E-state index in [0.29, 0.717) is 24.4 Å². The summed E-state index contributed by atoms with van der Waals surface area (Å²) in [6, 6.07) is 5.58. The lowest BCUT2D eigenvalue weighted by molar-refractivity contribution is 0.205. The van der Waals surface area contributed by atoms with E-state index in [2.05, 4.69) is 9.97 Å². The molecule has 7 heteroatoms. The van der Waals surface area contributed by atoms with Gasteiger partial charge in [-0.15, -0.1) is 0 Å². The van der Waals surface area contributed by atoms with E-state index < -0.39 is 0 Å². The third-order valence-corrected chi connectivity index (χ3v) is 4.10. The highest BCUT2D eigenvalue weighted by molar-refractivity contribution is 6.12. The van der Waals surface area contributed by atoms with Crippen molar-refractivity contribution in [2.45, 2.75) is 20.8 Å². The number of anilines is 2. The van der Waals surface area contributed by atoms with Crippen LogP contribution in [-0.4, -0.2) is 38.6 Å². The van der Waals surface area contributed by atoms with Gasteiger partial charge in [-0.25, -0.2) is 9.78 Å². The Morgan fingerprint density at radius 2 is 1.91 bits per heavy atom. The largest absolute Gasteiger partial charge is 0.383 e. The summed E-state index contributed by atoms with van der Waals surface area (Å²) in [5.41, 5.74) is 14.0. The first kappa shape index (κ1) is 15.1. The van der Waals surface area contributed by atoms with E-state index in [0.717, 1.165) is 22.0 Å². The van der Waals surface area contributed by atoms with Crippen molar-refractivity contribution in [3.05, 3.63) is 23.9 Å². The van der Waals surface area contributed by atoms with Gasteiger partial charge in [0.1, 0.15) is 5.82 Å². The zero-order valence-corrected chi connectivity index (χ0v) is 13.5. The Morgan fingerprint density at radius 1 is 1.22 bits per heavy atom. The number of nitrogens with zero attached hydrogens (tertiary/aromatic N) is 4. The smallest absolute Gasteiger partial charge is 0.328 e. The fourth-order valence-electron chi connectivity index (χ4n) is 2.98. The molecule has 0 fully saturated rings. The molecule has 0 saturated carbocycles. The van der Waals surface area contributed by atoms with E-state index in [1.807, 2.05) is 39.0 Å². The average molecular weight is 312 g/mol. The first-order valence-electron chi connectivity index (χ1n) is 7.61. The molecule has 1 amide bonds. The number of hydrogen-bond acceptors (Lipinski definition) is 5. The van der Waals surface area contributed by atoms with Crippen molar-refractivity contribution in [1.82, 2.24) is 19.4 Å². The molecule has 0 spiro atoms. The van der Waals surface area contributed by atoms with E-state index >= 15 is 0 Å². The van der Waals surface area contributed by atoms with E-state index in [1.54, 1.807) is 9.47 Å². The molecule has 0 unspecified atom stereocenters. The molecule has 4 N–H and O–H groups in total. The summed E-state index contributed by atoms with van der Waals surface area (Å²) in [4.78, 5) is 22.8. The summed E-state index contributed by atoms with van der Waals surface area (Å²) < 4.78 is 1.71. The van der Waals surface area contributed by atoms with Crippen LogP contribution in [0.5, 0.6) is 0 Å². The molecular weight excluding hydrogens is 292 g/mol. The molecule has 7 nitrogen and oxygen atoms in total. The molecule has 0 aliphatic heterocycles. The van der Waals surface area contributed by atoms with Gasteiger partial charge in [-0.2, -0.15) is 4.98 Å². The lowest BCUT2D eigenvalue weighted by Crippen LogP contribution is -2.34. The van der Waals surface area contributed by atoms with Crippen molar-refractivity contribution in [3.63, 3.8) is 0 Å². The van der Waals surface area contributed by atoms with Crippen LogP contribution in [0.15, 0.2) is 18.2 Å². The van der Waals surface area contributed by atoms with Gasteiger partial charge in [0.25, 0.3) is 0 Å². The summed E-state index contributed by atoms with van der Waals surface area (Å²) in [5, 5.41) is 1.59. The Balaban J connectivity index is 2.32. The maximum Gasteiger partial charge on any atom is 0.328 e. The topological polar surface area (TPSA) is 103 Å². The Hall–Kier alpha value is -2.83. The predicted molar refractivity (Wildman–Crippen MR) is 92.3 cm³/mol. The van der Waals surface area contributed by atoms with Crippen LogP contribution in [-0.2, 0) is 0 Å². The number of benzene rings is 1. The SMILES string of the molecule is CCN(CC)C(=O)n1c(C)cc2c3c(N)nc(N)nc3ccc21. The third-order valence-electron chi connectivity index (χ3n) is 4.10. The van der Waals surface area contributed by atoms with Crippen LogP contribution in [0.3, 0.4) is 0 Å². The second-order valence-corrected chi connectivity index (χ2v) is 5.44. The van der Waals surface area contributed by atoms with E-state index in [1.165, 1.54) is 0 Å². The van der Waals surface area contributed by atoms with Crippen molar-refractivity contribution in [2.75, 3.05) is 24.6 Å². The monoisotopic (exact) mass is 312 g/mol. The second-order valence-electron chi connectivity index (χ2n) is 5.44. The normalized spacial score (nSPS) is 11.3. The first-order valence-corrected chi connectivity index (χ1v) is 7.61. The van der Waals surface area contributed by atoms with E-state index in [9.17, 15) is 4.79 Å². The lowest BCUT2D eigenvalue weighted by Gasteiger charge is -2.20. The molecule has 2 aromatic heterocycles. The molecule has 0 bridgehead atoms. The molecule has 23 heavy (non-hydrogen) atoms. The van der Waals surface area contributed by atoms with Crippen LogP contribution in [0.1, 0.15) is 19.5 Å². The van der Waals surface area contributed by atoms with Crippen LogP contribution < -0.4 is 11.5 Å². The third kappa shape index (κ3) is 2.25. The highest BCUT2D eigenvalue weighted by atomic mass is 16.2. The minimum atomic E-state index is -0.0446. The van der Waals surface area contributed by atoms with Gasteiger partial charge in [-0.1, -0.05) is 0 Å². The number of carbonyl (C=O) groups excluding carboxylic acids is 1. The highest BCUT2D eigenvalue weighted by Gasteiger charge is 2.19. The molecule has 0 saturated heterocycles. The number of aryl methyl sites for hydroxylation is 1. The van der Waals surface area contributed by atoms with Crippen molar-refractivity contribution < 1.29 is 4.79 Å². The first-order chi connectivity index (χ1) is 11.0. The predicted octanol–water partition coefficient (Wildman–Crippen LogP) is 2.37. The summed E-state index contributed by atoms with van der Waals surface area (Å²) in [7, 11) is 0. The second kappa shape index (κ2) is 5.42. The number of aromatic nitrogens is 3. The number of fused-ring (bicyclic) bond motifs is 3. The number of amides is 1. The van der Waals surface area contributed by atoms with Gasteiger partial charge < -0.3 is 16.4 Å². The Kier molecular flexibility index (Phi) is 3.55. The van der Waals surface area contributed by atoms with Crippen molar-refractivity contribution in [3.8, 4) is 0 Å². The summed E-state index contributed by atoms with van der Waals surface area (Å²) in [6.07, 6.45) is 0. The Labute approximate surface area is 133 Å². The molecule has 1 aromatic carbocycles. The maximum absolute atomic E-state index is 12.8. The molecule has 2 heterocycles. The maximum atomic E-state index is 12.8. The molecule has 0 radical (unpaired) electrons. The Morgan fingerprint density at radius 3 is 2.57 bits per heavy atom. The summed E-state index contributed by atoms with van der Waals surface area (Å²) in [5.74, 6) is 0.468. The number of carbonyl (C=O) groups is 1. The molecule has 3 rings (SSSR count). The average Bonchev–Trinajstić information content (AvgIpc) is 2.83.